The summed E-state index contributed by atoms with van der Waals surface area (Å²) >= 11 is 0. The van der Waals surface area contributed by atoms with Crippen LogP contribution in [0, 0.1) is 0 Å². The zero-order valence-corrected chi connectivity index (χ0v) is 17.1. The minimum Gasteiger partial charge on any atom is -0.364 e. The van der Waals surface area contributed by atoms with Gasteiger partial charge in [0.05, 0.1) is 0 Å². The molecule has 28 heavy (non-hydrogen) atoms. The molecule has 0 spiro atoms. The van der Waals surface area contributed by atoms with Crippen LogP contribution in [0.2, 0.25) is 0 Å². The molecule has 0 radical (unpaired) electrons. The number of aromatic nitrogens is 1. The van der Waals surface area contributed by atoms with Crippen molar-refractivity contribution in [2.75, 3.05) is 38.1 Å². The first-order chi connectivity index (χ1) is 13.7. The average molecular weight is 377 g/mol. The van der Waals surface area contributed by atoms with Crippen LogP contribution in [0.3, 0.4) is 0 Å². The molecule has 148 valence electrons. The lowest BCUT2D eigenvalue weighted by molar-refractivity contribution is 0.290. The molecule has 4 nitrogen and oxygen atoms in total. The Hall–Kier alpha value is -2.33. The lowest BCUT2D eigenvalue weighted by Crippen LogP contribution is -2.44. The van der Waals surface area contributed by atoms with Crippen LogP contribution in [0.4, 0.5) is 5.82 Å². The monoisotopic (exact) mass is 376 g/mol. The van der Waals surface area contributed by atoms with Crippen molar-refractivity contribution in [2.24, 2.45) is 0 Å². The zero-order chi connectivity index (χ0) is 19.3. The molecule has 0 atom stereocenters. The molecule has 1 saturated carbocycles. The second-order valence-electron chi connectivity index (χ2n) is 8.19. The summed E-state index contributed by atoms with van der Waals surface area (Å²) in [6.07, 6.45) is 7.23. The molecular weight excluding hydrogens is 344 g/mol. The summed E-state index contributed by atoms with van der Waals surface area (Å²) in [4.78, 5) is 12.1. The van der Waals surface area contributed by atoms with Gasteiger partial charge in [-0.15, -0.1) is 0 Å². The summed E-state index contributed by atoms with van der Waals surface area (Å²) in [5.41, 5.74) is 3.62. The lowest BCUT2D eigenvalue weighted by Gasteiger charge is -2.34. The number of likely N-dealkylation sites (N-methyl/N-ethyl adjacent to an activating group) is 1. The summed E-state index contributed by atoms with van der Waals surface area (Å²) < 4.78 is 0. The highest BCUT2D eigenvalue weighted by Gasteiger charge is 2.24. The van der Waals surface area contributed by atoms with Gasteiger partial charge in [0.2, 0.25) is 0 Å². The maximum Gasteiger partial charge on any atom is 0.128 e. The molecule has 0 unspecified atom stereocenters. The fourth-order valence-electron chi connectivity index (χ4n) is 4.39. The highest BCUT2D eigenvalue weighted by atomic mass is 15.3. The fourth-order valence-corrected chi connectivity index (χ4v) is 4.39. The molecule has 2 heterocycles. The molecule has 1 saturated heterocycles. The Labute approximate surface area is 169 Å². The van der Waals surface area contributed by atoms with E-state index in [9.17, 15) is 0 Å². The van der Waals surface area contributed by atoms with E-state index >= 15 is 0 Å². The summed E-state index contributed by atoms with van der Waals surface area (Å²) in [5, 5.41) is 0. The molecule has 2 aliphatic rings. The van der Waals surface area contributed by atoms with Crippen molar-refractivity contribution in [3.63, 3.8) is 0 Å². The largest absolute Gasteiger partial charge is 0.364 e. The third-order valence-corrected chi connectivity index (χ3v) is 6.21. The quantitative estimate of drug-likeness (QED) is 0.752. The number of rotatable bonds is 6. The van der Waals surface area contributed by atoms with Crippen LogP contribution in [-0.4, -0.2) is 54.1 Å². The van der Waals surface area contributed by atoms with Gasteiger partial charge >= 0.3 is 0 Å². The van der Waals surface area contributed by atoms with Crippen LogP contribution >= 0.6 is 0 Å². The second kappa shape index (κ2) is 8.78. The van der Waals surface area contributed by atoms with Crippen LogP contribution in [0.1, 0.15) is 36.8 Å². The minimum absolute atomic E-state index is 0.588. The summed E-state index contributed by atoms with van der Waals surface area (Å²) in [7, 11) is 2.19. The van der Waals surface area contributed by atoms with E-state index in [1.165, 1.54) is 36.8 Å². The molecular formula is C24H32N4. The van der Waals surface area contributed by atoms with E-state index in [4.69, 9.17) is 4.98 Å². The van der Waals surface area contributed by atoms with Crippen LogP contribution in [-0.2, 0) is 6.54 Å². The highest BCUT2D eigenvalue weighted by Crippen LogP contribution is 2.31. The van der Waals surface area contributed by atoms with Gasteiger partial charge in [0, 0.05) is 50.7 Å². The second-order valence-corrected chi connectivity index (χ2v) is 8.19. The van der Waals surface area contributed by atoms with Gasteiger partial charge in [-0.2, -0.15) is 0 Å². The third kappa shape index (κ3) is 4.39. The van der Waals surface area contributed by atoms with Crippen molar-refractivity contribution in [1.82, 2.24) is 14.8 Å². The summed E-state index contributed by atoms with van der Waals surface area (Å²) in [6, 6.07) is 15.6. The van der Waals surface area contributed by atoms with Gasteiger partial charge < -0.3 is 14.7 Å². The van der Waals surface area contributed by atoms with Gasteiger partial charge in [-0.05, 0) is 37.1 Å². The first-order valence-corrected chi connectivity index (χ1v) is 10.6. The molecule has 1 aromatic heterocycles. The third-order valence-electron chi connectivity index (χ3n) is 6.21. The average Bonchev–Trinajstić information content (AvgIpc) is 3.28. The standard InChI is InChI=1S/C24H32N4/c1-20(22-8-4-3-5-9-22)28(23-10-6-7-11-23)19-21-12-13-24(25-18-21)27-16-14-26(2)15-17-27/h3-5,8-9,12-13,18,23H,1,6-7,10-11,14-17,19H2,2H3. The van der Waals surface area contributed by atoms with Gasteiger partial charge in [0.25, 0.3) is 0 Å². The SMILES string of the molecule is C=C(c1ccccc1)N(Cc1ccc(N2CCN(C)CC2)nc1)C1CCCC1. The number of anilines is 1. The van der Waals surface area contributed by atoms with Crippen LogP contribution < -0.4 is 4.90 Å². The summed E-state index contributed by atoms with van der Waals surface area (Å²) in [5.74, 6) is 1.10. The molecule has 2 fully saturated rings. The predicted molar refractivity (Wildman–Crippen MR) is 117 cm³/mol. The van der Waals surface area contributed by atoms with Gasteiger partial charge in [-0.25, -0.2) is 4.98 Å². The van der Waals surface area contributed by atoms with E-state index in [0.29, 0.717) is 6.04 Å². The molecule has 1 aliphatic carbocycles. The fraction of sp³-hybridized carbons (Fsp3) is 0.458. The lowest BCUT2D eigenvalue weighted by atomic mass is 10.1. The first-order valence-electron chi connectivity index (χ1n) is 10.6. The van der Waals surface area contributed by atoms with Gasteiger partial charge in [-0.3, -0.25) is 0 Å². The molecule has 1 aliphatic heterocycles. The normalized spacial score (nSPS) is 18.4. The molecule has 0 bridgehead atoms. The molecule has 0 amide bonds. The van der Waals surface area contributed by atoms with Crippen molar-refractivity contribution in [3.05, 3.63) is 66.4 Å². The van der Waals surface area contributed by atoms with Crippen LogP contribution in [0.25, 0.3) is 5.70 Å². The van der Waals surface area contributed by atoms with E-state index in [-0.39, 0.29) is 0 Å². The Morgan fingerprint density at radius 2 is 1.75 bits per heavy atom. The molecule has 4 rings (SSSR count). The van der Waals surface area contributed by atoms with E-state index in [2.05, 4.69) is 77.0 Å². The zero-order valence-electron chi connectivity index (χ0n) is 17.1. The number of piperazine rings is 1. The maximum atomic E-state index is 4.79. The van der Waals surface area contributed by atoms with Crippen molar-refractivity contribution in [3.8, 4) is 0 Å². The van der Waals surface area contributed by atoms with E-state index < -0.39 is 0 Å². The van der Waals surface area contributed by atoms with Gasteiger partial charge in [-0.1, -0.05) is 55.8 Å². The number of hydrogen-bond acceptors (Lipinski definition) is 4. The Kier molecular flexibility index (Phi) is 5.96. The number of hydrogen-bond donors (Lipinski definition) is 0. The number of benzene rings is 1. The Balaban J connectivity index is 1.48. The number of pyridine rings is 1. The van der Waals surface area contributed by atoms with Gasteiger partial charge in [0.1, 0.15) is 5.82 Å². The van der Waals surface area contributed by atoms with Crippen molar-refractivity contribution < 1.29 is 0 Å². The Bertz CT molecular complexity index is 757. The Morgan fingerprint density at radius 3 is 2.39 bits per heavy atom. The number of nitrogens with zero attached hydrogens (tertiary/aromatic N) is 4. The molecule has 2 aromatic rings. The van der Waals surface area contributed by atoms with Crippen LogP contribution in [0.5, 0.6) is 0 Å². The topological polar surface area (TPSA) is 22.6 Å². The predicted octanol–water partition coefficient (Wildman–Crippen LogP) is 4.25. The first kappa shape index (κ1) is 19.0. The van der Waals surface area contributed by atoms with E-state index in [0.717, 1.165) is 44.2 Å². The van der Waals surface area contributed by atoms with Crippen molar-refractivity contribution >= 4 is 11.5 Å². The molecule has 4 heteroatoms. The van der Waals surface area contributed by atoms with E-state index in [1.807, 2.05) is 0 Å². The maximum absolute atomic E-state index is 4.79. The Morgan fingerprint density at radius 1 is 1.04 bits per heavy atom. The molecule has 0 N–H and O–H groups in total. The van der Waals surface area contributed by atoms with Crippen LogP contribution in [0.15, 0.2) is 55.2 Å². The van der Waals surface area contributed by atoms with Gasteiger partial charge in [0.15, 0.2) is 0 Å². The minimum atomic E-state index is 0.588. The molecule has 1 aromatic carbocycles. The van der Waals surface area contributed by atoms with Crippen molar-refractivity contribution in [2.45, 2.75) is 38.3 Å². The van der Waals surface area contributed by atoms with E-state index in [1.54, 1.807) is 0 Å². The summed E-state index contributed by atoms with van der Waals surface area (Å²) in [6.45, 7) is 9.67. The highest BCUT2D eigenvalue weighted by molar-refractivity contribution is 5.62. The smallest absolute Gasteiger partial charge is 0.128 e. The van der Waals surface area contributed by atoms with Crippen molar-refractivity contribution in [1.29, 1.82) is 0 Å².